The third-order valence-electron chi connectivity index (χ3n) is 5.31. The van der Waals surface area contributed by atoms with E-state index in [9.17, 15) is 13.2 Å². The Balaban J connectivity index is 1.37. The molecule has 0 aliphatic carbocycles. The summed E-state index contributed by atoms with van der Waals surface area (Å²) in [6, 6.07) is 15.3. The number of hydrogen-bond acceptors (Lipinski definition) is 9. The smallest absolute Gasteiger partial charge is 0.240 e. The number of aromatic nitrogens is 4. The van der Waals surface area contributed by atoms with Gasteiger partial charge >= 0.3 is 0 Å². The molecule has 0 aliphatic rings. The van der Waals surface area contributed by atoms with E-state index in [1.165, 1.54) is 18.9 Å². The SMILES string of the molecule is COc1ccc(OC)c(NC(=O)CSc2ccc3nnc(CCNS(=O)(=O)c4ccc(C)cc4)n3n2)c1. The number of benzene rings is 2. The highest BCUT2D eigenvalue weighted by atomic mass is 32.2. The first-order valence-electron chi connectivity index (χ1n) is 11.2. The zero-order valence-electron chi connectivity index (χ0n) is 20.5. The van der Waals surface area contributed by atoms with Gasteiger partial charge in [-0.3, -0.25) is 4.79 Å². The average molecular weight is 543 g/mol. The normalized spacial score (nSPS) is 11.4. The second-order valence-electron chi connectivity index (χ2n) is 7.92. The Bertz CT molecular complexity index is 1510. The van der Waals surface area contributed by atoms with Gasteiger partial charge in [-0.05, 0) is 43.3 Å². The highest BCUT2D eigenvalue weighted by molar-refractivity contribution is 7.99. The third kappa shape index (κ3) is 6.56. The van der Waals surface area contributed by atoms with Crippen molar-refractivity contribution in [2.45, 2.75) is 23.3 Å². The van der Waals surface area contributed by atoms with Crippen molar-refractivity contribution < 1.29 is 22.7 Å². The van der Waals surface area contributed by atoms with E-state index in [4.69, 9.17) is 9.47 Å². The molecule has 0 fully saturated rings. The second-order valence-corrected chi connectivity index (χ2v) is 10.7. The summed E-state index contributed by atoms with van der Waals surface area (Å²) in [6.45, 7) is 2.02. The minimum atomic E-state index is -3.64. The van der Waals surface area contributed by atoms with Crippen molar-refractivity contribution in [1.29, 1.82) is 0 Å². The number of thioether (sulfide) groups is 1. The predicted molar refractivity (Wildman–Crippen MR) is 140 cm³/mol. The summed E-state index contributed by atoms with van der Waals surface area (Å²) in [4.78, 5) is 12.8. The Kier molecular flexibility index (Phi) is 8.26. The molecule has 0 aliphatic heterocycles. The molecule has 194 valence electrons. The Hall–Kier alpha value is -3.68. The lowest BCUT2D eigenvalue weighted by Gasteiger charge is -2.11. The molecule has 0 atom stereocenters. The fourth-order valence-corrected chi connectivity index (χ4v) is 5.07. The molecule has 0 radical (unpaired) electrons. The third-order valence-corrected chi connectivity index (χ3v) is 7.70. The number of methoxy groups -OCH3 is 2. The summed E-state index contributed by atoms with van der Waals surface area (Å²) in [5.74, 6) is 1.47. The van der Waals surface area contributed by atoms with Gasteiger partial charge in [-0.25, -0.2) is 13.1 Å². The molecule has 0 unspecified atom stereocenters. The maximum Gasteiger partial charge on any atom is 0.240 e. The number of amides is 1. The van der Waals surface area contributed by atoms with Crippen LogP contribution in [-0.2, 0) is 21.2 Å². The summed E-state index contributed by atoms with van der Waals surface area (Å²) in [7, 11) is -0.570. The summed E-state index contributed by atoms with van der Waals surface area (Å²) < 4.78 is 39.7. The minimum absolute atomic E-state index is 0.104. The average Bonchev–Trinajstić information content (AvgIpc) is 3.29. The molecule has 2 aromatic heterocycles. The number of anilines is 1. The predicted octanol–water partition coefficient (Wildman–Crippen LogP) is 2.70. The van der Waals surface area contributed by atoms with Crippen LogP contribution < -0.4 is 19.5 Å². The molecule has 0 bridgehead atoms. The van der Waals surface area contributed by atoms with Crippen LogP contribution in [-0.4, -0.2) is 60.7 Å². The zero-order valence-corrected chi connectivity index (χ0v) is 22.1. The summed E-state index contributed by atoms with van der Waals surface area (Å²) in [5, 5.41) is 16.1. The molecule has 37 heavy (non-hydrogen) atoms. The monoisotopic (exact) mass is 542 g/mol. The first-order valence-corrected chi connectivity index (χ1v) is 13.7. The summed E-state index contributed by atoms with van der Waals surface area (Å²) in [6.07, 6.45) is 0.281. The van der Waals surface area contributed by atoms with Crippen LogP contribution in [0.4, 0.5) is 5.69 Å². The number of hydrogen-bond donors (Lipinski definition) is 2. The van der Waals surface area contributed by atoms with E-state index in [0.29, 0.717) is 33.7 Å². The van der Waals surface area contributed by atoms with Gasteiger partial charge < -0.3 is 14.8 Å². The molecule has 0 saturated heterocycles. The van der Waals surface area contributed by atoms with Gasteiger partial charge in [0.1, 0.15) is 16.5 Å². The molecule has 1 amide bonds. The lowest BCUT2D eigenvalue weighted by molar-refractivity contribution is -0.113. The molecule has 2 heterocycles. The Labute approximate surface area is 218 Å². The van der Waals surface area contributed by atoms with Crippen molar-refractivity contribution in [3.63, 3.8) is 0 Å². The zero-order chi connectivity index (χ0) is 26.4. The molecule has 4 aromatic rings. The number of ether oxygens (including phenoxy) is 2. The van der Waals surface area contributed by atoms with Crippen LogP contribution in [0.2, 0.25) is 0 Å². The fourth-order valence-electron chi connectivity index (χ4n) is 3.38. The maximum atomic E-state index is 12.6. The van der Waals surface area contributed by atoms with E-state index in [0.717, 1.165) is 5.56 Å². The van der Waals surface area contributed by atoms with E-state index in [1.54, 1.807) is 66.2 Å². The summed E-state index contributed by atoms with van der Waals surface area (Å²) >= 11 is 1.24. The van der Waals surface area contributed by atoms with E-state index in [-0.39, 0.29) is 29.5 Å². The molecule has 0 saturated carbocycles. The van der Waals surface area contributed by atoms with Gasteiger partial charge in [0, 0.05) is 19.0 Å². The van der Waals surface area contributed by atoms with Crippen LogP contribution in [0.1, 0.15) is 11.4 Å². The Morgan fingerprint density at radius 1 is 1.03 bits per heavy atom. The van der Waals surface area contributed by atoms with E-state index >= 15 is 0 Å². The molecule has 2 N–H and O–H groups in total. The number of sulfonamides is 1. The molecule has 4 rings (SSSR count). The van der Waals surface area contributed by atoms with Crippen molar-refractivity contribution >= 4 is 39.0 Å². The number of nitrogens with zero attached hydrogens (tertiary/aromatic N) is 4. The van der Waals surface area contributed by atoms with E-state index in [2.05, 4.69) is 25.3 Å². The van der Waals surface area contributed by atoms with Crippen molar-refractivity contribution in [2.24, 2.45) is 0 Å². The van der Waals surface area contributed by atoms with Crippen LogP contribution in [0.3, 0.4) is 0 Å². The molecule has 0 spiro atoms. The minimum Gasteiger partial charge on any atom is -0.497 e. The number of rotatable bonds is 11. The maximum absolute atomic E-state index is 12.6. The Morgan fingerprint density at radius 3 is 2.54 bits per heavy atom. The standard InChI is InChI=1S/C24H26N6O5S2/c1-16-4-7-18(8-5-16)37(32,33)25-13-12-22-28-27-21-10-11-24(29-30(21)22)36-15-23(31)26-19-14-17(34-2)6-9-20(19)35-3/h4-11,14,25H,12-13,15H2,1-3H3,(H,26,31). The number of fused-ring (bicyclic) bond motifs is 1. The van der Waals surface area contributed by atoms with Gasteiger partial charge in [-0.15, -0.1) is 10.2 Å². The van der Waals surface area contributed by atoms with Crippen molar-refractivity contribution in [2.75, 3.05) is 31.8 Å². The fraction of sp³-hybridized carbons (Fsp3) is 0.250. The van der Waals surface area contributed by atoms with E-state index in [1.807, 2.05) is 6.92 Å². The van der Waals surface area contributed by atoms with Crippen LogP contribution in [0.15, 0.2) is 64.5 Å². The first-order chi connectivity index (χ1) is 17.8. The molecule has 11 nitrogen and oxygen atoms in total. The Morgan fingerprint density at radius 2 is 1.81 bits per heavy atom. The van der Waals surface area contributed by atoms with Gasteiger partial charge in [0.05, 0.1) is 30.6 Å². The highest BCUT2D eigenvalue weighted by Crippen LogP contribution is 2.29. The number of carbonyl (C=O) groups is 1. The van der Waals surface area contributed by atoms with Crippen molar-refractivity contribution in [3.05, 3.63) is 66.0 Å². The molecule has 13 heteroatoms. The summed E-state index contributed by atoms with van der Waals surface area (Å²) in [5.41, 5.74) is 2.00. The van der Waals surface area contributed by atoms with Crippen LogP contribution >= 0.6 is 11.8 Å². The van der Waals surface area contributed by atoms with Gasteiger partial charge in [-0.2, -0.15) is 9.61 Å². The second kappa shape index (κ2) is 11.6. The molecular formula is C24H26N6O5S2. The van der Waals surface area contributed by atoms with Gasteiger partial charge in [0.25, 0.3) is 0 Å². The topological polar surface area (TPSA) is 137 Å². The lowest BCUT2D eigenvalue weighted by Crippen LogP contribution is -2.26. The van der Waals surface area contributed by atoms with Gasteiger partial charge in [-0.1, -0.05) is 29.5 Å². The highest BCUT2D eigenvalue weighted by Gasteiger charge is 2.15. The lowest BCUT2D eigenvalue weighted by atomic mass is 10.2. The number of carbonyl (C=O) groups excluding carboxylic acids is 1. The van der Waals surface area contributed by atoms with Crippen molar-refractivity contribution in [3.8, 4) is 11.5 Å². The molecular weight excluding hydrogens is 516 g/mol. The number of aryl methyl sites for hydroxylation is 1. The van der Waals surface area contributed by atoms with Crippen LogP contribution in [0.25, 0.3) is 5.65 Å². The molecule has 2 aromatic carbocycles. The van der Waals surface area contributed by atoms with Crippen LogP contribution in [0.5, 0.6) is 11.5 Å². The first kappa shape index (κ1) is 26.4. The van der Waals surface area contributed by atoms with Crippen LogP contribution in [0, 0.1) is 6.92 Å². The number of nitrogens with one attached hydrogen (secondary N) is 2. The largest absolute Gasteiger partial charge is 0.497 e. The van der Waals surface area contributed by atoms with Crippen molar-refractivity contribution in [1.82, 2.24) is 24.5 Å². The van der Waals surface area contributed by atoms with Gasteiger partial charge in [0.15, 0.2) is 11.5 Å². The van der Waals surface area contributed by atoms with Gasteiger partial charge in [0.2, 0.25) is 15.9 Å². The quantitative estimate of drug-likeness (QED) is 0.274. The van der Waals surface area contributed by atoms with E-state index < -0.39 is 10.0 Å².